The molecule has 0 bridgehead atoms. The summed E-state index contributed by atoms with van der Waals surface area (Å²) < 4.78 is 25.7. The smallest absolute Gasteiger partial charge is 0.330 e. The molecule has 11 nitrogen and oxygen atoms in total. The Morgan fingerprint density at radius 2 is 1.52 bits per heavy atom. The molecule has 3 fully saturated rings. The van der Waals surface area contributed by atoms with Gasteiger partial charge in [-0.05, 0) is 25.7 Å². The van der Waals surface area contributed by atoms with Crippen LogP contribution in [0, 0.1) is 5.82 Å². The van der Waals surface area contributed by atoms with E-state index < -0.39 is 70.3 Å². The molecule has 12 heteroatoms. The average molecular weight is 466 g/mol. The standard InChI is InChI=1S/C21H23FN2O9/c22-11-10-24(19(30)23-17(11)29)15-9-20(31)12(25)5-1-2-6-13(26)21(18(20)32-15)14(27)7-3-4-8-16(28)33-21/h10,15,18,31H,1-9H2,(H,23,29,30)/t15-,18+,20-,21?/m1/s1. The molecule has 4 atom stereocenters. The quantitative estimate of drug-likeness (QED) is 0.423. The summed E-state index contributed by atoms with van der Waals surface area (Å²) in [5, 5.41) is 11.5. The van der Waals surface area contributed by atoms with Crippen LogP contribution in [0.15, 0.2) is 15.8 Å². The lowest BCUT2D eigenvalue weighted by atomic mass is 9.74. The van der Waals surface area contributed by atoms with Gasteiger partial charge in [-0.1, -0.05) is 0 Å². The van der Waals surface area contributed by atoms with Crippen molar-refractivity contribution in [3.63, 3.8) is 0 Å². The normalized spacial score (nSPS) is 33.5. The number of nitrogens with zero attached hydrogens (tertiary/aromatic N) is 1. The Bertz CT molecular complexity index is 1140. The fourth-order valence-corrected chi connectivity index (χ4v) is 4.78. The number of rotatable bonds is 1. The van der Waals surface area contributed by atoms with Crippen molar-refractivity contribution in [3.05, 3.63) is 32.9 Å². The summed E-state index contributed by atoms with van der Waals surface area (Å²) in [6.07, 6.45) is -3.00. The predicted octanol–water partition coefficient (Wildman–Crippen LogP) is -0.168. The van der Waals surface area contributed by atoms with Gasteiger partial charge in [-0.2, -0.15) is 4.39 Å². The topological polar surface area (TPSA) is 162 Å². The number of ketones is 3. The minimum absolute atomic E-state index is 0.0740. The van der Waals surface area contributed by atoms with Crippen LogP contribution in [0.2, 0.25) is 0 Å². The van der Waals surface area contributed by atoms with E-state index >= 15 is 0 Å². The zero-order chi connectivity index (χ0) is 24.0. The Morgan fingerprint density at radius 1 is 0.939 bits per heavy atom. The number of esters is 1. The van der Waals surface area contributed by atoms with Crippen molar-refractivity contribution in [3.8, 4) is 0 Å². The van der Waals surface area contributed by atoms with Crippen molar-refractivity contribution < 1.29 is 38.1 Å². The number of aromatic amines is 1. The first-order valence-corrected chi connectivity index (χ1v) is 10.8. The van der Waals surface area contributed by atoms with Gasteiger partial charge >= 0.3 is 11.7 Å². The lowest BCUT2D eigenvalue weighted by Crippen LogP contribution is -2.67. The minimum Gasteiger partial charge on any atom is -0.440 e. The molecule has 4 rings (SSSR count). The zero-order valence-corrected chi connectivity index (χ0v) is 17.6. The molecule has 178 valence electrons. The van der Waals surface area contributed by atoms with Crippen LogP contribution in [-0.4, -0.2) is 55.3 Å². The number of carbonyl (C=O) groups excluding carboxylic acids is 4. The molecular weight excluding hydrogens is 443 g/mol. The van der Waals surface area contributed by atoms with E-state index in [1.165, 1.54) is 0 Å². The van der Waals surface area contributed by atoms with Crippen LogP contribution in [0.25, 0.3) is 0 Å². The van der Waals surface area contributed by atoms with Gasteiger partial charge in [0.25, 0.3) is 11.2 Å². The number of carbonyl (C=O) groups is 4. The van der Waals surface area contributed by atoms with Gasteiger partial charge in [0.1, 0.15) is 6.23 Å². The summed E-state index contributed by atoms with van der Waals surface area (Å²) in [5.41, 5.74) is -7.42. The maximum absolute atomic E-state index is 13.9. The molecule has 1 saturated carbocycles. The van der Waals surface area contributed by atoms with E-state index in [-0.39, 0.29) is 44.9 Å². The fraction of sp³-hybridized carbons (Fsp3) is 0.619. The highest BCUT2D eigenvalue weighted by molar-refractivity contribution is 6.13. The summed E-state index contributed by atoms with van der Waals surface area (Å²) >= 11 is 0. The first-order valence-electron chi connectivity index (χ1n) is 10.8. The monoisotopic (exact) mass is 466 g/mol. The fourth-order valence-electron chi connectivity index (χ4n) is 4.78. The van der Waals surface area contributed by atoms with E-state index in [1.54, 1.807) is 4.98 Å². The Labute approximate surface area is 185 Å². The number of aliphatic hydroxyl groups is 1. The third kappa shape index (κ3) is 3.76. The summed E-state index contributed by atoms with van der Waals surface area (Å²) in [7, 11) is 0. The molecule has 2 aliphatic heterocycles. The van der Waals surface area contributed by atoms with Gasteiger partial charge < -0.3 is 14.6 Å². The second kappa shape index (κ2) is 8.41. The Hall–Kier alpha value is -2.99. The molecule has 0 amide bonds. The number of aromatic nitrogens is 2. The second-order valence-corrected chi connectivity index (χ2v) is 8.64. The third-order valence-electron chi connectivity index (χ3n) is 6.50. The number of hydrogen-bond donors (Lipinski definition) is 2. The average Bonchev–Trinajstić information content (AvgIpc) is 3.12. The van der Waals surface area contributed by atoms with Crippen molar-refractivity contribution >= 4 is 23.3 Å². The van der Waals surface area contributed by atoms with Crippen molar-refractivity contribution in [1.82, 2.24) is 9.55 Å². The lowest BCUT2D eigenvalue weighted by molar-refractivity contribution is -0.205. The zero-order valence-electron chi connectivity index (χ0n) is 17.6. The van der Waals surface area contributed by atoms with Crippen molar-refractivity contribution in [1.29, 1.82) is 0 Å². The minimum atomic E-state index is -2.58. The molecule has 1 unspecified atom stereocenters. The summed E-state index contributed by atoms with van der Waals surface area (Å²) in [6.45, 7) is 0. The van der Waals surface area contributed by atoms with E-state index in [0.29, 0.717) is 17.2 Å². The Kier molecular flexibility index (Phi) is 5.91. The van der Waals surface area contributed by atoms with Gasteiger partial charge in [-0.3, -0.25) is 33.5 Å². The van der Waals surface area contributed by atoms with Crippen LogP contribution in [0.3, 0.4) is 0 Å². The number of fused-ring (bicyclic) bond motifs is 2. The van der Waals surface area contributed by atoms with Gasteiger partial charge in [0.05, 0.1) is 6.20 Å². The highest BCUT2D eigenvalue weighted by Crippen LogP contribution is 2.46. The van der Waals surface area contributed by atoms with Crippen LogP contribution in [0.5, 0.6) is 0 Å². The van der Waals surface area contributed by atoms with Crippen molar-refractivity contribution in [2.24, 2.45) is 0 Å². The SMILES string of the molecule is O=C1CCCCC(=O)C2(O1)C(=O)CCCCC(=O)[C@]1(O)C[C@H](n3cc(F)c(=O)[nH]c3=O)O[C@H]21. The molecule has 33 heavy (non-hydrogen) atoms. The molecule has 0 aromatic carbocycles. The maximum atomic E-state index is 13.9. The predicted molar refractivity (Wildman–Crippen MR) is 106 cm³/mol. The first kappa shape index (κ1) is 23.2. The number of ether oxygens (including phenoxy) is 2. The third-order valence-corrected chi connectivity index (χ3v) is 6.50. The molecule has 1 aliphatic carbocycles. The summed E-state index contributed by atoms with van der Waals surface area (Å²) in [6, 6.07) is 0. The van der Waals surface area contributed by atoms with Gasteiger partial charge in [0.15, 0.2) is 29.1 Å². The van der Waals surface area contributed by atoms with E-state index in [2.05, 4.69) is 0 Å². The molecular formula is C21H23FN2O9. The van der Waals surface area contributed by atoms with E-state index in [9.17, 15) is 38.3 Å². The molecule has 1 aromatic heterocycles. The van der Waals surface area contributed by atoms with Crippen LogP contribution in [-0.2, 0) is 28.7 Å². The summed E-state index contributed by atoms with van der Waals surface area (Å²) in [4.78, 5) is 77.6. The number of halogens is 1. The molecule has 3 aliphatic rings. The van der Waals surface area contributed by atoms with Gasteiger partial charge in [-0.25, -0.2) is 4.79 Å². The Balaban J connectivity index is 1.89. The second-order valence-electron chi connectivity index (χ2n) is 8.64. The van der Waals surface area contributed by atoms with E-state index in [4.69, 9.17) is 9.47 Å². The van der Waals surface area contributed by atoms with Gasteiger partial charge in [0, 0.05) is 32.1 Å². The lowest BCUT2D eigenvalue weighted by Gasteiger charge is -2.40. The molecule has 0 radical (unpaired) electrons. The molecule has 1 spiro atoms. The van der Waals surface area contributed by atoms with Crippen molar-refractivity contribution in [2.75, 3.05) is 0 Å². The number of hydrogen-bond acceptors (Lipinski definition) is 9. The van der Waals surface area contributed by atoms with Crippen LogP contribution in [0.4, 0.5) is 4.39 Å². The van der Waals surface area contributed by atoms with Gasteiger partial charge in [-0.15, -0.1) is 0 Å². The van der Waals surface area contributed by atoms with Crippen LogP contribution >= 0.6 is 0 Å². The molecule has 3 heterocycles. The van der Waals surface area contributed by atoms with Crippen molar-refractivity contribution in [2.45, 2.75) is 81.3 Å². The maximum Gasteiger partial charge on any atom is 0.330 e. The molecule has 2 N–H and O–H groups in total. The van der Waals surface area contributed by atoms with Crippen LogP contribution < -0.4 is 11.2 Å². The first-order chi connectivity index (χ1) is 15.6. The largest absolute Gasteiger partial charge is 0.440 e. The van der Waals surface area contributed by atoms with E-state index in [1.807, 2.05) is 0 Å². The molecule has 2 saturated heterocycles. The van der Waals surface area contributed by atoms with E-state index in [0.717, 1.165) is 0 Å². The summed E-state index contributed by atoms with van der Waals surface area (Å²) in [5.74, 6) is -4.55. The highest BCUT2D eigenvalue weighted by atomic mass is 19.1. The number of nitrogens with one attached hydrogen (secondary N) is 1. The Morgan fingerprint density at radius 3 is 2.15 bits per heavy atom. The van der Waals surface area contributed by atoms with Crippen LogP contribution in [0.1, 0.15) is 64.0 Å². The van der Waals surface area contributed by atoms with Gasteiger partial charge in [0.2, 0.25) is 5.82 Å². The molecule has 1 aromatic rings. The number of Topliss-reactive ketones (excluding diaryl/α,β-unsaturated/α-hetero) is 3. The highest BCUT2D eigenvalue weighted by Gasteiger charge is 2.68. The number of H-pyrrole nitrogens is 1.